The molecule has 1 aliphatic rings. The Morgan fingerprint density at radius 1 is 1.10 bits per heavy atom. The number of nitrogens with zero attached hydrogens (tertiary/aromatic N) is 1. The van der Waals surface area contributed by atoms with Crippen LogP contribution in [0.25, 0.3) is 0 Å². The molecule has 8 heteroatoms. The molecule has 1 saturated carbocycles. The molecule has 1 aromatic carbocycles. The van der Waals surface area contributed by atoms with Gasteiger partial charge in [-0.3, -0.25) is 0 Å². The van der Waals surface area contributed by atoms with Crippen LogP contribution in [0.2, 0.25) is 0 Å². The largest absolute Gasteiger partial charge is 0.508 e. The lowest BCUT2D eigenvalue weighted by molar-refractivity contribution is 0.114. The second kappa shape index (κ2) is 15.2. The van der Waals surface area contributed by atoms with Gasteiger partial charge < -0.3 is 19.1 Å². The predicted octanol–water partition coefficient (Wildman–Crippen LogP) is 7.07. The molecule has 1 fully saturated rings. The Morgan fingerprint density at radius 2 is 1.90 bits per heavy atom. The van der Waals surface area contributed by atoms with Gasteiger partial charge in [-0.25, -0.2) is 4.98 Å². The monoisotopic (exact) mass is 595 g/mol. The van der Waals surface area contributed by atoms with Gasteiger partial charge in [0.1, 0.15) is 17.6 Å². The number of benzene rings is 1. The van der Waals surface area contributed by atoms with Crippen LogP contribution in [-0.2, 0) is 4.52 Å². The van der Waals surface area contributed by atoms with Gasteiger partial charge in [0.25, 0.3) is 0 Å². The molecule has 0 saturated heterocycles. The van der Waals surface area contributed by atoms with Crippen LogP contribution in [0.3, 0.4) is 0 Å². The van der Waals surface area contributed by atoms with Crippen LogP contribution in [0.4, 0.5) is 0 Å². The van der Waals surface area contributed by atoms with Crippen LogP contribution in [-0.4, -0.2) is 29.4 Å². The normalized spacial score (nSPS) is 13.6. The molecule has 2 aromatic rings. The molecule has 3 rings (SSSR count). The minimum Gasteiger partial charge on any atom is -0.508 e. The number of unbranched alkanes of at least 4 members (excludes halogenated alkanes) is 3. The van der Waals surface area contributed by atoms with Crippen molar-refractivity contribution in [3.05, 3.63) is 47.1 Å². The molecule has 5 nitrogen and oxygen atoms in total. The highest BCUT2D eigenvalue weighted by atomic mass is 127. The van der Waals surface area contributed by atoms with Gasteiger partial charge in [0.2, 0.25) is 5.88 Å². The minimum absolute atomic E-state index is 0.249. The Labute approximate surface area is 196 Å². The van der Waals surface area contributed by atoms with Crippen LogP contribution in [0.15, 0.2) is 47.1 Å². The molecular weight excluding hydrogens is 568 g/mol. The van der Waals surface area contributed by atoms with E-state index in [1.807, 2.05) is 18.2 Å². The topological polar surface area (TPSA) is 60.8 Å². The fourth-order valence-corrected chi connectivity index (χ4v) is 3.64. The van der Waals surface area contributed by atoms with Crippen LogP contribution >= 0.6 is 44.4 Å². The summed E-state index contributed by atoms with van der Waals surface area (Å²) in [6, 6.07) is 10.8. The summed E-state index contributed by atoms with van der Waals surface area (Å²) in [6.45, 7) is 2.15. The molecule has 1 atom stereocenters. The van der Waals surface area contributed by atoms with Gasteiger partial charge in [0.05, 0.1) is 19.7 Å². The number of hydrogen-bond donors (Lipinski definition) is 1. The molecule has 0 aliphatic heterocycles. The molecular formula is C21H28BrINO4P. The molecule has 0 radical (unpaired) electrons. The van der Waals surface area contributed by atoms with Crippen molar-refractivity contribution in [3.63, 3.8) is 0 Å². The molecule has 1 aliphatic carbocycles. The van der Waals surface area contributed by atoms with Gasteiger partial charge in [-0.2, -0.15) is 0 Å². The van der Waals surface area contributed by atoms with Crippen molar-refractivity contribution in [3.8, 4) is 17.4 Å². The second-order valence-electron chi connectivity index (χ2n) is 6.67. The maximum atomic E-state index is 9.24. The van der Waals surface area contributed by atoms with E-state index in [-0.39, 0.29) is 5.75 Å². The Hall–Kier alpha value is -0.630. The third-order valence-electron chi connectivity index (χ3n) is 4.32. The highest BCUT2D eigenvalue weighted by Gasteiger charge is 2.19. The SMILES string of the molecule is Brc1ccc(OC2CCC2)nc1.Oc1cccc(OCCCCCCOPI)c1. The quantitative estimate of drug-likeness (QED) is 0.171. The van der Waals surface area contributed by atoms with Crippen LogP contribution in [0, 0.1) is 0 Å². The maximum Gasteiger partial charge on any atom is 0.213 e. The molecule has 0 bridgehead atoms. The van der Waals surface area contributed by atoms with Crippen LogP contribution < -0.4 is 9.47 Å². The van der Waals surface area contributed by atoms with Gasteiger partial charge in [0.15, 0.2) is 0 Å². The van der Waals surface area contributed by atoms with Crippen molar-refractivity contribution < 1.29 is 19.1 Å². The molecule has 0 spiro atoms. The van der Waals surface area contributed by atoms with Crippen molar-refractivity contribution in [1.29, 1.82) is 0 Å². The van der Waals surface area contributed by atoms with E-state index in [2.05, 4.69) is 43.0 Å². The third-order valence-corrected chi connectivity index (χ3v) is 6.04. The Balaban J connectivity index is 0.000000218. The van der Waals surface area contributed by atoms with E-state index in [1.54, 1.807) is 24.4 Å². The summed E-state index contributed by atoms with van der Waals surface area (Å²) in [5.41, 5.74) is 0. The zero-order chi connectivity index (χ0) is 20.7. The first kappa shape index (κ1) is 24.6. The van der Waals surface area contributed by atoms with Crippen molar-refractivity contribution >= 4 is 44.4 Å². The summed E-state index contributed by atoms with van der Waals surface area (Å²) in [6.07, 6.45) is 10.3. The smallest absolute Gasteiger partial charge is 0.213 e. The summed E-state index contributed by atoms with van der Waals surface area (Å²) >= 11 is 5.56. The number of phenols is 1. The van der Waals surface area contributed by atoms with Crippen molar-refractivity contribution in [2.75, 3.05) is 13.2 Å². The summed E-state index contributed by atoms with van der Waals surface area (Å²) in [5, 5.41) is 9.24. The standard InChI is InChI=1S/C12H18IO3P.C9H10BrNO/c13-17-16-9-4-2-1-3-8-15-12-7-5-6-11(14)10-12;10-7-4-5-9(11-6-7)12-8-2-1-3-8/h5-7,10,14,17H,1-4,8-9H2;4-6,8H,1-3H2. The average molecular weight is 596 g/mol. The van der Waals surface area contributed by atoms with Gasteiger partial charge in [-0.1, -0.05) is 12.5 Å². The zero-order valence-corrected chi connectivity index (χ0v) is 21.1. The number of aromatic nitrogens is 1. The number of rotatable bonds is 11. The summed E-state index contributed by atoms with van der Waals surface area (Å²) in [7, 11) is 0. The van der Waals surface area contributed by atoms with Crippen molar-refractivity contribution in [2.24, 2.45) is 0 Å². The molecule has 1 N–H and O–H groups in total. The number of phenolic OH excluding ortho intramolecular Hbond substituents is 1. The molecule has 1 unspecified atom stereocenters. The maximum absolute atomic E-state index is 9.24. The number of ether oxygens (including phenoxy) is 2. The van der Waals surface area contributed by atoms with E-state index < -0.39 is 0 Å². The van der Waals surface area contributed by atoms with E-state index in [4.69, 9.17) is 14.0 Å². The van der Waals surface area contributed by atoms with Crippen LogP contribution in [0.1, 0.15) is 44.9 Å². The predicted molar refractivity (Wildman–Crippen MR) is 131 cm³/mol. The fraction of sp³-hybridized carbons (Fsp3) is 0.476. The lowest BCUT2D eigenvalue weighted by Crippen LogP contribution is -2.24. The van der Waals surface area contributed by atoms with Gasteiger partial charge in [0, 0.05) is 22.8 Å². The summed E-state index contributed by atoms with van der Waals surface area (Å²) in [5.74, 6) is 1.72. The van der Waals surface area contributed by atoms with Crippen LogP contribution in [0.5, 0.6) is 17.4 Å². The first-order valence-corrected chi connectivity index (χ1v) is 14.7. The van der Waals surface area contributed by atoms with E-state index in [0.717, 1.165) is 42.0 Å². The first-order valence-electron chi connectivity index (χ1n) is 9.85. The number of pyridine rings is 1. The number of hydrogen-bond acceptors (Lipinski definition) is 5. The molecule has 1 aromatic heterocycles. The Bertz CT molecular complexity index is 689. The molecule has 29 heavy (non-hydrogen) atoms. The van der Waals surface area contributed by atoms with E-state index in [0.29, 0.717) is 19.2 Å². The minimum atomic E-state index is 0.249. The highest BCUT2D eigenvalue weighted by molar-refractivity contribution is 14.2. The summed E-state index contributed by atoms with van der Waals surface area (Å²) in [4.78, 5) is 4.13. The first-order chi connectivity index (χ1) is 14.2. The Kier molecular flexibility index (Phi) is 12.9. The summed E-state index contributed by atoms with van der Waals surface area (Å²) < 4.78 is 17.4. The number of aromatic hydroxyl groups is 1. The number of halogens is 2. The second-order valence-corrected chi connectivity index (χ2v) is 9.35. The van der Waals surface area contributed by atoms with Gasteiger partial charge in [-0.15, -0.1) is 0 Å². The lowest BCUT2D eigenvalue weighted by Gasteiger charge is -2.25. The average Bonchev–Trinajstić information content (AvgIpc) is 2.69. The van der Waals surface area contributed by atoms with Crippen molar-refractivity contribution in [2.45, 2.75) is 51.0 Å². The fourth-order valence-electron chi connectivity index (χ4n) is 2.52. The molecule has 0 amide bonds. The van der Waals surface area contributed by atoms with E-state index in [1.165, 1.54) is 25.7 Å². The van der Waals surface area contributed by atoms with E-state index >= 15 is 0 Å². The highest BCUT2D eigenvalue weighted by Crippen LogP contribution is 2.24. The lowest BCUT2D eigenvalue weighted by atomic mass is 9.96. The van der Waals surface area contributed by atoms with Gasteiger partial charge >= 0.3 is 0 Å². The molecule has 1 heterocycles. The third kappa shape index (κ3) is 11.4. The Morgan fingerprint density at radius 3 is 2.52 bits per heavy atom. The molecule has 160 valence electrons. The zero-order valence-electron chi connectivity index (χ0n) is 16.4. The van der Waals surface area contributed by atoms with Crippen molar-refractivity contribution in [1.82, 2.24) is 4.98 Å². The van der Waals surface area contributed by atoms with E-state index in [9.17, 15) is 5.11 Å². The van der Waals surface area contributed by atoms with Gasteiger partial charge in [-0.05, 0) is 94.7 Å².